The van der Waals surface area contributed by atoms with Crippen molar-refractivity contribution in [2.24, 2.45) is 0 Å². The normalized spacial score (nSPS) is 43.8. The molecule has 2 heterocycles. The number of hydrogen-bond donors (Lipinski definition) is 0. The highest BCUT2D eigenvalue weighted by molar-refractivity contribution is 7.99. The Hall–Kier alpha value is 0.230. The smallest absolute Gasteiger partial charge is 0.113 e. The lowest BCUT2D eigenvalue weighted by molar-refractivity contribution is -0.0259. The minimum absolute atomic E-state index is 0.159. The van der Waals surface area contributed by atoms with Gasteiger partial charge in [0.15, 0.2) is 0 Å². The zero-order valence-corrected chi connectivity index (χ0v) is 8.88. The van der Waals surface area contributed by atoms with Crippen molar-refractivity contribution in [2.45, 2.75) is 30.5 Å². The van der Waals surface area contributed by atoms with E-state index < -0.39 is 0 Å². The molecule has 2 fully saturated rings. The molecule has 0 N–H and O–H groups in total. The van der Waals surface area contributed by atoms with Crippen LogP contribution in [0.4, 0.5) is 0 Å². The van der Waals surface area contributed by atoms with Gasteiger partial charge in [0.25, 0.3) is 0 Å². The lowest BCUT2D eigenvalue weighted by Gasteiger charge is -2.15. The molecule has 2 rings (SSSR count). The van der Waals surface area contributed by atoms with Crippen LogP contribution in [-0.2, 0) is 14.2 Å². The third-order valence-electron chi connectivity index (χ3n) is 2.65. The van der Waals surface area contributed by atoms with Crippen LogP contribution in [0.5, 0.6) is 0 Å². The molecular weight excluding hydrogens is 188 g/mol. The van der Waals surface area contributed by atoms with E-state index in [2.05, 4.69) is 6.26 Å². The van der Waals surface area contributed by atoms with Gasteiger partial charge in [-0.15, -0.1) is 0 Å². The van der Waals surface area contributed by atoms with Crippen molar-refractivity contribution in [3.05, 3.63) is 0 Å². The van der Waals surface area contributed by atoms with Gasteiger partial charge in [0.2, 0.25) is 0 Å². The fourth-order valence-electron chi connectivity index (χ4n) is 1.99. The van der Waals surface area contributed by atoms with Gasteiger partial charge in [0, 0.05) is 6.61 Å². The lowest BCUT2D eigenvalue weighted by Crippen LogP contribution is -2.31. The molecule has 2 unspecified atom stereocenters. The maximum Gasteiger partial charge on any atom is 0.113 e. The van der Waals surface area contributed by atoms with E-state index in [1.807, 2.05) is 18.7 Å². The summed E-state index contributed by atoms with van der Waals surface area (Å²) in [5.41, 5.74) is 0. The predicted octanol–water partition coefficient (Wildman–Crippen LogP) is 0.921. The van der Waals surface area contributed by atoms with Crippen LogP contribution >= 0.6 is 11.8 Å². The largest absolute Gasteiger partial charge is 0.373 e. The number of fused-ring (bicyclic) bond motifs is 1. The maximum absolute atomic E-state index is 5.67. The molecule has 0 aliphatic carbocycles. The van der Waals surface area contributed by atoms with Gasteiger partial charge in [-0.25, -0.2) is 0 Å². The maximum atomic E-state index is 5.67. The van der Waals surface area contributed by atoms with Crippen molar-refractivity contribution in [1.29, 1.82) is 0 Å². The first-order valence-corrected chi connectivity index (χ1v) is 6.03. The van der Waals surface area contributed by atoms with Crippen LogP contribution in [0, 0.1) is 0 Å². The molecule has 0 saturated carbocycles. The van der Waals surface area contributed by atoms with Crippen LogP contribution < -0.4 is 0 Å². The number of thioether (sulfide) groups is 1. The molecule has 0 bridgehead atoms. The Morgan fingerprint density at radius 1 is 1.31 bits per heavy atom. The van der Waals surface area contributed by atoms with Gasteiger partial charge in [-0.1, -0.05) is 0 Å². The van der Waals surface area contributed by atoms with Crippen LogP contribution in [0.25, 0.3) is 0 Å². The van der Waals surface area contributed by atoms with E-state index in [-0.39, 0.29) is 18.3 Å². The molecule has 4 heteroatoms. The van der Waals surface area contributed by atoms with Crippen molar-refractivity contribution in [3.63, 3.8) is 0 Å². The fourth-order valence-corrected chi connectivity index (χ4v) is 2.70. The molecule has 0 aromatic carbocycles. The summed E-state index contributed by atoms with van der Waals surface area (Å²) in [6.45, 7) is 4.25. The monoisotopic (exact) mass is 204 g/mol. The summed E-state index contributed by atoms with van der Waals surface area (Å²) in [6.07, 6.45) is 2.70. The minimum atomic E-state index is 0.159. The van der Waals surface area contributed by atoms with Gasteiger partial charge < -0.3 is 14.2 Å². The van der Waals surface area contributed by atoms with Gasteiger partial charge in [0.05, 0.1) is 18.5 Å². The molecule has 0 amide bonds. The van der Waals surface area contributed by atoms with E-state index in [1.165, 1.54) is 0 Å². The van der Waals surface area contributed by atoms with Crippen LogP contribution in [0.2, 0.25) is 0 Å². The summed E-state index contributed by atoms with van der Waals surface area (Å²) >= 11 is 1.82. The van der Waals surface area contributed by atoms with E-state index in [0.29, 0.717) is 11.9 Å². The Labute approximate surface area is 83.1 Å². The highest BCUT2D eigenvalue weighted by Gasteiger charge is 2.47. The Morgan fingerprint density at radius 2 is 2.08 bits per heavy atom. The molecule has 0 spiro atoms. The van der Waals surface area contributed by atoms with Gasteiger partial charge in [0.1, 0.15) is 18.3 Å². The summed E-state index contributed by atoms with van der Waals surface area (Å²) < 4.78 is 16.9. The standard InChI is InChI=1S/C9H16O3S/c1-3-10-6-4-11-9-7(13-2)5-12-8(6)9/h6-9H,3-5H2,1-2H3/t6?,7?,8-,9-/m1/s1. The lowest BCUT2D eigenvalue weighted by atomic mass is 10.1. The number of hydrogen-bond acceptors (Lipinski definition) is 4. The topological polar surface area (TPSA) is 27.7 Å². The Balaban J connectivity index is 1.95. The molecular formula is C9H16O3S. The number of ether oxygens (including phenoxy) is 3. The summed E-state index contributed by atoms with van der Waals surface area (Å²) in [7, 11) is 0. The molecule has 0 aromatic rings. The van der Waals surface area contributed by atoms with Crippen LogP contribution in [-0.4, -0.2) is 49.6 Å². The van der Waals surface area contributed by atoms with E-state index in [9.17, 15) is 0 Å². The van der Waals surface area contributed by atoms with Crippen molar-refractivity contribution in [1.82, 2.24) is 0 Å². The summed E-state index contributed by atoms with van der Waals surface area (Å²) in [5, 5.41) is 0.496. The molecule has 4 atom stereocenters. The van der Waals surface area contributed by atoms with Crippen LogP contribution in [0.15, 0.2) is 0 Å². The first-order valence-electron chi connectivity index (χ1n) is 4.74. The zero-order valence-electron chi connectivity index (χ0n) is 8.06. The highest BCUT2D eigenvalue weighted by Crippen LogP contribution is 2.33. The van der Waals surface area contributed by atoms with Gasteiger partial charge in [-0.3, -0.25) is 0 Å². The van der Waals surface area contributed by atoms with E-state index in [0.717, 1.165) is 13.2 Å². The number of rotatable bonds is 3. The first-order chi connectivity index (χ1) is 6.36. The van der Waals surface area contributed by atoms with Crippen molar-refractivity contribution >= 4 is 11.8 Å². The summed E-state index contributed by atoms with van der Waals surface area (Å²) in [4.78, 5) is 0. The Morgan fingerprint density at radius 3 is 2.77 bits per heavy atom. The van der Waals surface area contributed by atoms with Gasteiger partial charge in [-0.05, 0) is 13.2 Å². The highest BCUT2D eigenvalue weighted by atomic mass is 32.2. The molecule has 0 radical (unpaired) electrons. The van der Waals surface area contributed by atoms with Crippen molar-refractivity contribution < 1.29 is 14.2 Å². The molecule has 2 aliphatic rings. The van der Waals surface area contributed by atoms with Crippen LogP contribution in [0.1, 0.15) is 6.92 Å². The average Bonchev–Trinajstić information content (AvgIpc) is 2.68. The second-order valence-corrected chi connectivity index (χ2v) is 4.44. The minimum Gasteiger partial charge on any atom is -0.373 e. The van der Waals surface area contributed by atoms with Gasteiger partial charge >= 0.3 is 0 Å². The second kappa shape index (κ2) is 4.17. The second-order valence-electron chi connectivity index (χ2n) is 3.36. The molecule has 3 nitrogen and oxygen atoms in total. The quantitative estimate of drug-likeness (QED) is 0.683. The Bertz CT molecular complexity index is 176. The summed E-state index contributed by atoms with van der Waals surface area (Å²) in [5.74, 6) is 0. The first kappa shape index (κ1) is 9.77. The molecule has 0 aromatic heterocycles. The Kier molecular flexibility index (Phi) is 3.14. The summed E-state index contributed by atoms with van der Waals surface area (Å²) in [6, 6.07) is 0. The van der Waals surface area contributed by atoms with E-state index in [1.54, 1.807) is 0 Å². The third-order valence-corrected chi connectivity index (χ3v) is 3.66. The molecule has 2 aliphatic heterocycles. The van der Waals surface area contributed by atoms with Crippen LogP contribution in [0.3, 0.4) is 0 Å². The predicted molar refractivity (Wildman–Crippen MR) is 52.2 cm³/mol. The van der Waals surface area contributed by atoms with Crippen molar-refractivity contribution in [3.8, 4) is 0 Å². The molecule has 2 saturated heterocycles. The van der Waals surface area contributed by atoms with E-state index >= 15 is 0 Å². The van der Waals surface area contributed by atoms with E-state index in [4.69, 9.17) is 14.2 Å². The SMILES string of the molecule is CCOC1CO[C@@H]2C(SC)CO[C@H]12. The average molecular weight is 204 g/mol. The fraction of sp³-hybridized carbons (Fsp3) is 1.00. The molecule has 76 valence electrons. The third kappa shape index (κ3) is 1.73. The zero-order chi connectivity index (χ0) is 9.26. The van der Waals surface area contributed by atoms with Gasteiger partial charge in [-0.2, -0.15) is 11.8 Å². The van der Waals surface area contributed by atoms with Crippen molar-refractivity contribution in [2.75, 3.05) is 26.1 Å². The molecule has 13 heavy (non-hydrogen) atoms.